The van der Waals surface area contributed by atoms with Crippen LogP contribution in [0.4, 0.5) is 19.0 Å². The molecule has 1 saturated carbocycles. The lowest BCUT2D eigenvalue weighted by Crippen LogP contribution is -2.33. The number of methoxy groups -OCH3 is 1. The van der Waals surface area contributed by atoms with Crippen LogP contribution in [0.3, 0.4) is 0 Å². The van der Waals surface area contributed by atoms with E-state index in [0.29, 0.717) is 29.2 Å². The minimum Gasteiger partial charge on any atom is -0.382 e. The van der Waals surface area contributed by atoms with Gasteiger partial charge in [0.2, 0.25) is 0 Å². The van der Waals surface area contributed by atoms with Crippen LogP contribution in [0.2, 0.25) is 0 Å². The highest BCUT2D eigenvalue weighted by Gasteiger charge is 2.45. The van der Waals surface area contributed by atoms with Crippen molar-refractivity contribution in [2.45, 2.75) is 38.3 Å². The summed E-state index contributed by atoms with van der Waals surface area (Å²) in [6.07, 6.45) is 0.454. The molecule has 0 atom stereocenters. The normalized spacial score (nSPS) is 15.0. The molecular weight excluding hydrogens is 397 g/mol. The lowest BCUT2D eigenvalue weighted by atomic mass is 10.1. The van der Waals surface area contributed by atoms with Gasteiger partial charge < -0.3 is 14.6 Å². The second-order valence-corrected chi connectivity index (χ2v) is 7.53. The van der Waals surface area contributed by atoms with E-state index in [2.05, 4.69) is 15.3 Å². The first kappa shape index (κ1) is 20.3. The van der Waals surface area contributed by atoms with E-state index in [4.69, 9.17) is 4.74 Å². The lowest BCUT2D eigenvalue weighted by molar-refractivity contribution is 0.142. The molecule has 2 aromatic heterocycles. The Kier molecular flexibility index (Phi) is 5.23. The summed E-state index contributed by atoms with van der Waals surface area (Å²) in [5.74, 6) is -0.104. The molecule has 9 heteroatoms. The van der Waals surface area contributed by atoms with Crippen molar-refractivity contribution in [3.05, 3.63) is 63.6 Å². The van der Waals surface area contributed by atoms with Crippen molar-refractivity contribution < 1.29 is 17.9 Å². The predicted octanol–water partition coefficient (Wildman–Crippen LogP) is 3.92. The summed E-state index contributed by atoms with van der Waals surface area (Å²) in [6.45, 7) is 2.06. The van der Waals surface area contributed by atoms with Crippen LogP contribution < -0.4 is 10.9 Å². The zero-order valence-electron chi connectivity index (χ0n) is 16.6. The molecule has 0 amide bonds. The molecule has 3 aromatic rings. The number of pyridine rings is 1. The number of halogens is 3. The monoisotopic (exact) mass is 418 g/mol. The maximum atomic E-state index is 14.4. The number of aryl methyl sites for hydroxylation is 1. The summed E-state index contributed by atoms with van der Waals surface area (Å²) in [5.41, 5.74) is -0.636. The number of rotatable bonds is 7. The quantitative estimate of drug-likeness (QED) is 0.630. The second-order valence-electron chi connectivity index (χ2n) is 7.53. The molecule has 0 saturated heterocycles. The Morgan fingerprint density at radius 3 is 2.73 bits per heavy atom. The number of nitrogens with one attached hydrogen (secondary N) is 1. The first-order chi connectivity index (χ1) is 14.3. The summed E-state index contributed by atoms with van der Waals surface area (Å²) >= 11 is 0. The van der Waals surface area contributed by atoms with E-state index in [0.717, 1.165) is 18.9 Å². The molecule has 0 spiro atoms. The first-order valence-corrected chi connectivity index (χ1v) is 9.54. The number of benzene rings is 1. The molecule has 1 aliphatic rings. The van der Waals surface area contributed by atoms with Crippen LogP contribution in [0.5, 0.6) is 0 Å². The topological polar surface area (TPSA) is 69.0 Å². The number of anilines is 1. The van der Waals surface area contributed by atoms with Gasteiger partial charge in [0.05, 0.1) is 28.6 Å². The van der Waals surface area contributed by atoms with Crippen LogP contribution >= 0.6 is 0 Å². The van der Waals surface area contributed by atoms with Gasteiger partial charge in [0, 0.05) is 31.5 Å². The fraction of sp³-hybridized carbons (Fsp3) is 0.381. The molecule has 1 fully saturated rings. The Bertz CT molecular complexity index is 1160. The van der Waals surface area contributed by atoms with Crippen molar-refractivity contribution in [2.75, 3.05) is 19.0 Å². The molecule has 0 unspecified atom stereocenters. The van der Waals surface area contributed by atoms with Crippen LogP contribution in [0.1, 0.15) is 36.2 Å². The van der Waals surface area contributed by atoms with Crippen LogP contribution in [0.25, 0.3) is 10.9 Å². The summed E-state index contributed by atoms with van der Waals surface area (Å²) in [6, 6.07) is 5.35. The fourth-order valence-corrected chi connectivity index (χ4v) is 3.68. The van der Waals surface area contributed by atoms with Crippen molar-refractivity contribution in [3.63, 3.8) is 0 Å². The minimum atomic E-state index is -2.89. The summed E-state index contributed by atoms with van der Waals surface area (Å²) in [7, 11) is 1.59. The predicted molar refractivity (Wildman–Crippen MR) is 106 cm³/mol. The van der Waals surface area contributed by atoms with Crippen LogP contribution in [-0.2, 0) is 16.8 Å². The van der Waals surface area contributed by atoms with Crippen LogP contribution in [0, 0.1) is 12.7 Å². The lowest BCUT2D eigenvalue weighted by Gasteiger charge is -2.19. The highest BCUT2D eigenvalue weighted by molar-refractivity contribution is 5.88. The minimum absolute atomic E-state index is 0.0414. The molecule has 4 rings (SSSR count). The Morgan fingerprint density at radius 1 is 1.30 bits per heavy atom. The van der Waals surface area contributed by atoms with E-state index in [1.165, 1.54) is 18.2 Å². The molecule has 0 bridgehead atoms. The van der Waals surface area contributed by atoms with Crippen LogP contribution in [0.15, 0.2) is 35.3 Å². The van der Waals surface area contributed by atoms with E-state index >= 15 is 0 Å². The average Bonchev–Trinajstić information content (AvgIpc) is 3.46. The highest BCUT2D eigenvalue weighted by Crippen LogP contribution is 2.43. The van der Waals surface area contributed by atoms with Gasteiger partial charge in [0.1, 0.15) is 17.5 Å². The van der Waals surface area contributed by atoms with E-state index in [-0.39, 0.29) is 23.2 Å². The summed E-state index contributed by atoms with van der Waals surface area (Å²) in [4.78, 5) is 21.4. The molecule has 0 radical (unpaired) electrons. The molecule has 0 aliphatic heterocycles. The van der Waals surface area contributed by atoms with Crippen molar-refractivity contribution >= 4 is 16.7 Å². The molecule has 6 nitrogen and oxygen atoms in total. The summed E-state index contributed by atoms with van der Waals surface area (Å²) < 4.78 is 47.2. The van der Waals surface area contributed by atoms with E-state index in [1.54, 1.807) is 24.8 Å². The zero-order valence-corrected chi connectivity index (χ0v) is 16.6. The second kappa shape index (κ2) is 7.71. The van der Waals surface area contributed by atoms with E-state index < -0.39 is 17.8 Å². The molecule has 2 heterocycles. The van der Waals surface area contributed by atoms with Gasteiger partial charge in [0.25, 0.3) is 12.0 Å². The van der Waals surface area contributed by atoms with Gasteiger partial charge in [0.15, 0.2) is 0 Å². The van der Waals surface area contributed by atoms with E-state index in [9.17, 15) is 18.0 Å². The highest BCUT2D eigenvalue weighted by atomic mass is 19.3. The Hall–Kier alpha value is -2.94. The number of ether oxygens (including phenoxy) is 1. The molecule has 158 valence electrons. The van der Waals surface area contributed by atoms with Crippen molar-refractivity contribution in [2.24, 2.45) is 0 Å². The number of hydrogen-bond acceptors (Lipinski definition) is 5. The Labute approximate surface area is 170 Å². The Morgan fingerprint density at radius 2 is 2.07 bits per heavy atom. The number of hydrogen-bond donors (Lipinski definition) is 1. The maximum Gasteiger partial charge on any atom is 0.266 e. The van der Waals surface area contributed by atoms with Crippen molar-refractivity contribution in [1.82, 2.24) is 14.5 Å². The number of nitrogens with zero attached hydrogens (tertiary/aromatic N) is 3. The van der Waals surface area contributed by atoms with Gasteiger partial charge >= 0.3 is 0 Å². The number of aromatic nitrogens is 3. The third kappa shape index (κ3) is 3.65. The van der Waals surface area contributed by atoms with Gasteiger partial charge in [-0.3, -0.25) is 4.79 Å². The SMILES string of the molecule is COCC1(n2cc3c(NCc4cccc(C(F)F)c4F)nc(C)nc3cc2=O)CC1. The molecule has 1 aliphatic carbocycles. The van der Waals surface area contributed by atoms with E-state index in [1.807, 2.05) is 0 Å². The van der Waals surface area contributed by atoms with Gasteiger partial charge in [-0.1, -0.05) is 18.2 Å². The molecular formula is C21H21F3N4O2. The Balaban J connectivity index is 1.72. The average molecular weight is 418 g/mol. The standard InChI is InChI=1S/C21H21F3N4O2/c1-12-26-16-8-17(29)28(21(6-7-21)11-30-2)10-15(16)20(27-12)25-9-13-4-3-5-14(18(13)22)19(23)24/h3-5,8,10,19H,6-7,9,11H2,1-2H3,(H,25,26,27). The molecule has 1 aromatic carbocycles. The van der Waals surface area contributed by atoms with Gasteiger partial charge in [-0.2, -0.15) is 0 Å². The maximum absolute atomic E-state index is 14.4. The van der Waals surface area contributed by atoms with Crippen molar-refractivity contribution in [3.8, 4) is 0 Å². The third-order valence-corrected chi connectivity index (χ3v) is 5.38. The largest absolute Gasteiger partial charge is 0.382 e. The fourth-order valence-electron chi connectivity index (χ4n) is 3.68. The van der Waals surface area contributed by atoms with Crippen molar-refractivity contribution in [1.29, 1.82) is 0 Å². The number of alkyl halides is 2. The smallest absolute Gasteiger partial charge is 0.266 e. The number of fused-ring (bicyclic) bond motifs is 1. The van der Waals surface area contributed by atoms with Crippen LogP contribution in [-0.4, -0.2) is 28.3 Å². The zero-order chi connectivity index (χ0) is 21.5. The van der Waals surface area contributed by atoms with Gasteiger partial charge in [-0.15, -0.1) is 0 Å². The van der Waals surface area contributed by atoms with Gasteiger partial charge in [-0.05, 0) is 19.8 Å². The third-order valence-electron chi connectivity index (χ3n) is 5.38. The molecule has 30 heavy (non-hydrogen) atoms. The van der Waals surface area contributed by atoms with Gasteiger partial charge in [-0.25, -0.2) is 23.1 Å². The molecule has 1 N–H and O–H groups in total. The first-order valence-electron chi connectivity index (χ1n) is 9.54. The summed E-state index contributed by atoms with van der Waals surface area (Å²) in [5, 5.41) is 3.61.